The van der Waals surface area contributed by atoms with Crippen LogP contribution in [0.4, 0.5) is 0 Å². The molecule has 1 heterocycles. The fourth-order valence-corrected chi connectivity index (χ4v) is 4.40. The first-order chi connectivity index (χ1) is 3.93. The van der Waals surface area contributed by atoms with Gasteiger partial charge in [-0.25, -0.2) is 9.72 Å². The van der Waals surface area contributed by atoms with E-state index in [1.807, 2.05) is 0 Å². The molecule has 0 radical (unpaired) electrons. The molecular formula is CH8N3OP3. The monoisotopic (exact) mass is 171 g/mol. The van der Waals surface area contributed by atoms with Crippen molar-refractivity contribution >= 4 is 26.0 Å². The fraction of sp³-hybridized carbons (Fsp3) is 1.00. The lowest BCUT2D eigenvalue weighted by Gasteiger charge is -2.22. The zero-order valence-electron chi connectivity index (χ0n) is 4.10. The lowest BCUT2D eigenvalue weighted by Crippen LogP contribution is -2.17. The standard InChI is InChI=1S/CH8N3OP3/c5-1-8-3-6-2-7-4-8/h2-7H,1H2. The highest BCUT2D eigenvalue weighted by Crippen LogP contribution is 2.37. The van der Waals surface area contributed by atoms with Gasteiger partial charge in [0.05, 0.1) is 14.6 Å². The van der Waals surface area contributed by atoms with Crippen LogP contribution in [0.15, 0.2) is 0 Å². The van der Waals surface area contributed by atoms with Gasteiger partial charge in [0.25, 0.3) is 0 Å². The van der Waals surface area contributed by atoms with Gasteiger partial charge in [-0.2, -0.15) is 0 Å². The summed E-state index contributed by atoms with van der Waals surface area (Å²) in [6.07, 6.45) is 0.233. The van der Waals surface area contributed by atoms with Crippen molar-refractivity contribution in [3.05, 3.63) is 0 Å². The summed E-state index contributed by atoms with van der Waals surface area (Å²) in [5.74, 6) is 0. The summed E-state index contributed by atoms with van der Waals surface area (Å²) in [5, 5.41) is 8.58. The molecular weight excluding hydrogens is 163 g/mol. The van der Waals surface area contributed by atoms with Crippen molar-refractivity contribution in [1.82, 2.24) is 14.6 Å². The van der Waals surface area contributed by atoms with Crippen molar-refractivity contribution in [1.29, 1.82) is 0 Å². The van der Waals surface area contributed by atoms with Crippen LogP contribution in [0, 0.1) is 0 Å². The van der Waals surface area contributed by atoms with Crippen molar-refractivity contribution < 1.29 is 5.11 Å². The van der Waals surface area contributed by atoms with Crippen LogP contribution >= 0.6 is 26.0 Å². The molecule has 1 rings (SSSR count). The maximum atomic E-state index is 8.58. The minimum atomic E-state index is -0.452. The molecule has 1 saturated heterocycles. The molecule has 4 nitrogen and oxygen atoms in total. The summed E-state index contributed by atoms with van der Waals surface area (Å²) >= 11 is 0. The van der Waals surface area contributed by atoms with Gasteiger partial charge in [0.1, 0.15) is 0 Å². The zero-order chi connectivity index (χ0) is 5.82. The van der Waals surface area contributed by atoms with Gasteiger partial charge in [-0.3, -0.25) is 4.86 Å². The van der Waals surface area contributed by atoms with Crippen LogP contribution < -0.4 is 14.6 Å². The number of aliphatic hydroxyl groups excluding tert-OH is 1. The fourth-order valence-electron chi connectivity index (χ4n) is 0.321. The quantitative estimate of drug-likeness (QED) is 0.421. The van der Waals surface area contributed by atoms with Crippen molar-refractivity contribution in [3.63, 3.8) is 0 Å². The molecule has 7 heteroatoms. The molecule has 0 aromatic rings. The van der Waals surface area contributed by atoms with Gasteiger partial charge in [-0.1, -0.05) is 0 Å². The van der Waals surface area contributed by atoms with Gasteiger partial charge < -0.3 is 5.11 Å². The third-order valence-electron chi connectivity index (χ3n) is 0.648. The molecule has 2 atom stereocenters. The first kappa shape index (κ1) is 7.24. The second-order valence-corrected chi connectivity index (χ2v) is 5.60. The first-order valence-corrected chi connectivity index (χ1v) is 5.61. The Hall–Kier alpha value is 1.13. The molecule has 8 heavy (non-hydrogen) atoms. The Bertz CT molecular complexity index is 65.5. The third kappa shape index (κ3) is 2.16. The molecule has 1 aliphatic heterocycles. The van der Waals surface area contributed by atoms with E-state index in [1.54, 1.807) is 0 Å². The van der Waals surface area contributed by atoms with Crippen molar-refractivity contribution in [2.45, 2.75) is 0 Å². The normalized spacial score (nSPS) is 36.4. The van der Waals surface area contributed by atoms with Gasteiger partial charge >= 0.3 is 0 Å². The summed E-state index contributed by atoms with van der Waals surface area (Å²) in [5.41, 5.74) is 0. The van der Waals surface area contributed by atoms with Crippen LogP contribution in [0.25, 0.3) is 0 Å². The topological polar surface area (TPSA) is 56.3 Å². The minimum absolute atomic E-state index is 0.233. The van der Waals surface area contributed by atoms with E-state index in [1.165, 1.54) is 0 Å². The Morgan fingerprint density at radius 1 is 1.38 bits per heavy atom. The summed E-state index contributed by atoms with van der Waals surface area (Å²) in [4.78, 5) is 9.28. The van der Waals surface area contributed by atoms with Crippen LogP contribution in [0.5, 0.6) is 0 Å². The predicted molar refractivity (Wildman–Crippen MR) is 40.0 cm³/mol. The first-order valence-electron chi connectivity index (χ1n) is 2.08. The van der Waals surface area contributed by atoms with Crippen LogP contribution in [-0.4, -0.2) is 11.5 Å². The van der Waals surface area contributed by atoms with Gasteiger partial charge in [0.2, 0.25) is 0 Å². The second-order valence-electron chi connectivity index (χ2n) is 1.17. The highest BCUT2D eigenvalue weighted by atomic mass is 31.2. The van der Waals surface area contributed by atoms with Crippen LogP contribution in [0.1, 0.15) is 0 Å². The molecule has 0 bridgehead atoms. The highest BCUT2D eigenvalue weighted by molar-refractivity contribution is 7.73. The van der Waals surface area contributed by atoms with E-state index in [4.69, 9.17) is 5.11 Å². The van der Waals surface area contributed by atoms with Gasteiger partial charge in [-0.15, -0.1) is 0 Å². The van der Waals surface area contributed by atoms with Crippen LogP contribution in [0.3, 0.4) is 0 Å². The Morgan fingerprint density at radius 2 is 2.00 bits per heavy atom. The maximum absolute atomic E-state index is 8.58. The van der Waals surface area contributed by atoms with Crippen molar-refractivity contribution in [3.8, 4) is 0 Å². The molecule has 0 amide bonds. The lowest BCUT2D eigenvalue weighted by atomic mass is 11.7. The molecule has 4 N–H and O–H groups in total. The molecule has 0 aliphatic carbocycles. The number of aliphatic hydroxyl groups is 1. The predicted octanol–water partition coefficient (Wildman–Crippen LogP) is 0.0475. The molecule has 0 spiro atoms. The van der Waals surface area contributed by atoms with E-state index in [9.17, 15) is 0 Å². The number of hydrogen-bond donors (Lipinski definition) is 4. The molecule has 1 aliphatic rings. The average Bonchev–Trinajstić information content (AvgIpc) is 1.90. The van der Waals surface area contributed by atoms with E-state index in [0.717, 1.165) is 0 Å². The summed E-state index contributed by atoms with van der Waals surface area (Å²) in [6, 6.07) is 0. The number of nitrogens with one attached hydrogen (secondary N) is 3. The largest absolute Gasteiger partial charge is 0.389 e. The Morgan fingerprint density at radius 3 is 2.38 bits per heavy atom. The summed E-state index contributed by atoms with van der Waals surface area (Å²) < 4.78 is 0. The van der Waals surface area contributed by atoms with Gasteiger partial charge in [-0.05, 0) is 0 Å². The molecule has 0 saturated carbocycles. The second kappa shape index (κ2) is 4.03. The minimum Gasteiger partial charge on any atom is -0.389 e. The van der Waals surface area contributed by atoms with Crippen LogP contribution in [-0.2, 0) is 0 Å². The van der Waals surface area contributed by atoms with E-state index >= 15 is 0 Å². The average molecular weight is 171 g/mol. The molecule has 1 fully saturated rings. The molecule has 0 aromatic heterocycles. The maximum Gasteiger partial charge on any atom is 0.0902 e. The smallest absolute Gasteiger partial charge is 0.0902 e. The number of hydrogen-bond acceptors (Lipinski definition) is 4. The molecule has 48 valence electrons. The summed E-state index contributed by atoms with van der Waals surface area (Å²) in [6.45, 7) is 0. The SMILES string of the molecule is OCP1NPNPN1. The van der Waals surface area contributed by atoms with Crippen molar-refractivity contribution in [2.75, 3.05) is 6.35 Å². The van der Waals surface area contributed by atoms with Gasteiger partial charge in [0.15, 0.2) is 0 Å². The van der Waals surface area contributed by atoms with Gasteiger partial charge in [0, 0.05) is 17.8 Å². The van der Waals surface area contributed by atoms with Crippen molar-refractivity contribution in [2.24, 2.45) is 0 Å². The van der Waals surface area contributed by atoms with E-state index in [-0.39, 0.29) is 6.35 Å². The Balaban J connectivity index is 2.13. The molecule has 0 aromatic carbocycles. The number of rotatable bonds is 1. The zero-order valence-corrected chi connectivity index (χ0v) is 7.00. The van der Waals surface area contributed by atoms with E-state index < -0.39 is 8.22 Å². The highest BCUT2D eigenvalue weighted by Gasteiger charge is 2.07. The third-order valence-corrected chi connectivity index (χ3v) is 4.98. The Kier molecular flexibility index (Phi) is 3.64. The summed E-state index contributed by atoms with van der Waals surface area (Å²) in [7, 11) is 0.763. The molecule has 2 unspecified atom stereocenters. The van der Waals surface area contributed by atoms with E-state index in [2.05, 4.69) is 14.6 Å². The Labute approximate surface area is 52.8 Å². The van der Waals surface area contributed by atoms with E-state index in [0.29, 0.717) is 17.8 Å². The van der Waals surface area contributed by atoms with Crippen LogP contribution in [0.2, 0.25) is 0 Å². The lowest BCUT2D eigenvalue weighted by molar-refractivity contribution is 0.369.